The van der Waals surface area contributed by atoms with Gasteiger partial charge in [0.25, 0.3) is 0 Å². The zero-order valence-electron chi connectivity index (χ0n) is 15.1. The van der Waals surface area contributed by atoms with E-state index in [1.165, 1.54) is 5.56 Å². The third kappa shape index (κ3) is 4.60. The molecule has 2 aromatic rings. The summed E-state index contributed by atoms with van der Waals surface area (Å²) in [7, 11) is 1.77. The van der Waals surface area contributed by atoms with Crippen LogP contribution in [0.5, 0.6) is 0 Å². The van der Waals surface area contributed by atoms with E-state index >= 15 is 0 Å². The molecule has 1 aromatic carbocycles. The molecule has 1 N–H and O–H groups in total. The molecule has 0 radical (unpaired) electrons. The van der Waals surface area contributed by atoms with E-state index in [0.717, 1.165) is 44.3 Å². The Balaban J connectivity index is 1.69. The lowest BCUT2D eigenvalue weighted by atomic mass is 10.1. The highest BCUT2D eigenvalue weighted by Gasteiger charge is 2.24. The molecule has 134 valence electrons. The van der Waals surface area contributed by atoms with Crippen LogP contribution in [0.3, 0.4) is 0 Å². The van der Waals surface area contributed by atoms with Gasteiger partial charge in [0.15, 0.2) is 5.96 Å². The summed E-state index contributed by atoms with van der Waals surface area (Å²) in [4.78, 5) is 7.18. The van der Waals surface area contributed by atoms with Crippen molar-refractivity contribution in [2.24, 2.45) is 10.9 Å². The van der Waals surface area contributed by atoms with Crippen molar-refractivity contribution >= 4 is 5.96 Å². The van der Waals surface area contributed by atoms with E-state index in [1.54, 1.807) is 13.3 Å². The number of hydrogen-bond donors (Lipinski definition) is 1. The van der Waals surface area contributed by atoms with Gasteiger partial charge in [-0.25, -0.2) is 9.67 Å². The Morgan fingerprint density at radius 3 is 3.08 bits per heavy atom. The fourth-order valence-electron chi connectivity index (χ4n) is 3.21. The molecule has 0 saturated carbocycles. The van der Waals surface area contributed by atoms with Gasteiger partial charge in [0.1, 0.15) is 0 Å². The predicted octanol–water partition coefficient (Wildman–Crippen LogP) is 2.31. The summed E-state index contributed by atoms with van der Waals surface area (Å²) < 4.78 is 7.17. The number of benzene rings is 1. The Bertz CT molecular complexity index is 683. The summed E-state index contributed by atoms with van der Waals surface area (Å²) in [6, 6.07) is 10.3. The highest BCUT2D eigenvalue weighted by Crippen LogP contribution is 2.17. The third-order valence-electron chi connectivity index (χ3n) is 4.41. The van der Waals surface area contributed by atoms with Gasteiger partial charge in [-0.2, -0.15) is 5.10 Å². The van der Waals surface area contributed by atoms with Crippen LogP contribution in [0.4, 0.5) is 0 Å². The van der Waals surface area contributed by atoms with Crippen LogP contribution in [0.1, 0.15) is 18.9 Å². The molecule has 3 rings (SSSR count). The molecule has 0 spiro atoms. The van der Waals surface area contributed by atoms with Crippen molar-refractivity contribution < 1.29 is 4.74 Å². The standard InChI is InChI=1S/C19H27N5O/c1-3-20-19(23-11-8-17(14-23)15-25-2)21-13-16-6-4-7-18(12-16)24-10-5-9-22-24/h4-7,9-10,12,17H,3,8,11,13-15H2,1-2H3,(H,20,21). The van der Waals surface area contributed by atoms with Gasteiger partial charge < -0.3 is 15.0 Å². The SMILES string of the molecule is CCNC(=NCc1cccc(-n2cccn2)c1)N1CCC(COC)C1. The molecule has 0 bridgehead atoms. The molecule has 25 heavy (non-hydrogen) atoms. The Morgan fingerprint density at radius 2 is 2.32 bits per heavy atom. The summed E-state index contributed by atoms with van der Waals surface area (Å²) in [6.07, 6.45) is 4.90. The molecule has 1 atom stereocenters. The first kappa shape index (κ1) is 17.5. The second-order valence-electron chi connectivity index (χ2n) is 6.35. The number of rotatable bonds is 6. The molecule has 6 nitrogen and oxygen atoms in total. The van der Waals surface area contributed by atoms with Gasteiger partial charge in [0.2, 0.25) is 0 Å². The van der Waals surface area contributed by atoms with E-state index in [4.69, 9.17) is 9.73 Å². The molecule has 6 heteroatoms. The van der Waals surface area contributed by atoms with Crippen molar-refractivity contribution in [3.8, 4) is 5.69 Å². The van der Waals surface area contributed by atoms with E-state index in [0.29, 0.717) is 12.5 Å². The van der Waals surface area contributed by atoms with Gasteiger partial charge >= 0.3 is 0 Å². The van der Waals surface area contributed by atoms with Crippen molar-refractivity contribution in [2.75, 3.05) is 33.4 Å². The number of methoxy groups -OCH3 is 1. The van der Waals surface area contributed by atoms with E-state index in [9.17, 15) is 0 Å². The lowest BCUT2D eigenvalue weighted by Crippen LogP contribution is -2.40. The minimum Gasteiger partial charge on any atom is -0.384 e. The van der Waals surface area contributed by atoms with Crippen LogP contribution in [0.2, 0.25) is 0 Å². The van der Waals surface area contributed by atoms with Crippen molar-refractivity contribution in [1.29, 1.82) is 0 Å². The lowest BCUT2D eigenvalue weighted by molar-refractivity contribution is 0.157. The monoisotopic (exact) mass is 341 g/mol. The van der Waals surface area contributed by atoms with Crippen molar-refractivity contribution in [3.05, 3.63) is 48.3 Å². The Hall–Kier alpha value is -2.34. The quantitative estimate of drug-likeness (QED) is 0.647. The van der Waals surface area contributed by atoms with Crippen LogP contribution >= 0.6 is 0 Å². The summed E-state index contributed by atoms with van der Waals surface area (Å²) in [5.74, 6) is 1.59. The molecule has 1 saturated heterocycles. The van der Waals surface area contributed by atoms with Gasteiger partial charge in [-0.15, -0.1) is 0 Å². The van der Waals surface area contributed by atoms with Gasteiger partial charge in [-0.05, 0) is 37.1 Å². The zero-order chi connectivity index (χ0) is 17.5. The fourth-order valence-corrected chi connectivity index (χ4v) is 3.21. The Labute approximate surface area is 149 Å². The molecule has 1 unspecified atom stereocenters. The average molecular weight is 341 g/mol. The smallest absolute Gasteiger partial charge is 0.194 e. The van der Waals surface area contributed by atoms with Crippen molar-refractivity contribution in [1.82, 2.24) is 20.0 Å². The molecule has 1 fully saturated rings. The molecule has 2 heterocycles. The van der Waals surface area contributed by atoms with Gasteiger partial charge in [-0.3, -0.25) is 0 Å². The largest absolute Gasteiger partial charge is 0.384 e. The minimum absolute atomic E-state index is 0.594. The first-order valence-corrected chi connectivity index (χ1v) is 8.91. The highest BCUT2D eigenvalue weighted by molar-refractivity contribution is 5.80. The van der Waals surface area contributed by atoms with E-state index in [1.807, 2.05) is 16.9 Å². The van der Waals surface area contributed by atoms with Crippen LogP contribution in [-0.2, 0) is 11.3 Å². The van der Waals surface area contributed by atoms with Crippen LogP contribution in [-0.4, -0.2) is 54.0 Å². The van der Waals surface area contributed by atoms with Crippen LogP contribution in [0, 0.1) is 5.92 Å². The summed E-state index contributed by atoms with van der Waals surface area (Å²) in [5.41, 5.74) is 2.24. The average Bonchev–Trinajstić information content (AvgIpc) is 3.31. The maximum absolute atomic E-state index is 5.30. The molecule has 1 aromatic heterocycles. The first-order valence-electron chi connectivity index (χ1n) is 8.91. The van der Waals surface area contributed by atoms with Crippen LogP contribution < -0.4 is 5.32 Å². The highest BCUT2D eigenvalue weighted by atomic mass is 16.5. The number of aromatic nitrogens is 2. The Morgan fingerprint density at radius 1 is 1.40 bits per heavy atom. The number of hydrogen-bond acceptors (Lipinski definition) is 3. The van der Waals surface area contributed by atoms with Crippen LogP contribution in [0.15, 0.2) is 47.7 Å². The number of nitrogens with one attached hydrogen (secondary N) is 1. The lowest BCUT2D eigenvalue weighted by Gasteiger charge is -2.21. The molecular formula is C19H27N5O. The number of likely N-dealkylation sites (tertiary alicyclic amines) is 1. The fraction of sp³-hybridized carbons (Fsp3) is 0.474. The zero-order valence-corrected chi connectivity index (χ0v) is 15.1. The van der Waals surface area contributed by atoms with E-state index in [2.05, 4.69) is 46.5 Å². The van der Waals surface area contributed by atoms with Crippen LogP contribution in [0.25, 0.3) is 5.69 Å². The van der Waals surface area contributed by atoms with Crippen molar-refractivity contribution in [2.45, 2.75) is 19.9 Å². The van der Waals surface area contributed by atoms with Gasteiger partial charge in [-0.1, -0.05) is 12.1 Å². The molecule has 0 amide bonds. The predicted molar refractivity (Wildman–Crippen MR) is 99.9 cm³/mol. The topological polar surface area (TPSA) is 54.7 Å². The second kappa shape index (κ2) is 8.67. The van der Waals surface area contributed by atoms with Crippen molar-refractivity contribution in [3.63, 3.8) is 0 Å². The molecule has 1 aliphatic heterocycles. The number of ether oxygens (including phenoxy) is 1. The summed E-state index contributed by atoms with van der Waals surface area (Å²) in [5, 5.41) is 7.71. The number of guanidine groups is 1. The van der Waals surface area contributed by atoms with Gasteiger partial charge in [0.05, 0.1) is 18.8 Å². The maximum atomic E-state index is 5.30. The molecule has 1 aliphatic rings. The maximum Gasteiger partial charge on any atom is 0.194 e. The van der Waals surface area contributed by atoms with Gasteiger partial charge in [0, 0.05) is 45.1 Å². The van der Waals surface area contributed by atoms with E-state index < -0.39 is 0 Å². The first-order chi connectivity index (χ1) is 12.3. The van der Waals surface area contributed by atoms with E-state index in [-0.39, 0.29) is 0 Å². The normalized spacial score (nSPS) is 17.9. The summed E-state index contributed by atoms with van der Waals surface area (Å²) in [6.45, 7) is 6.50. The molecular weight excluding hydrogens is 314 g/mol. The number of nitrogens with zero attached hydrogens (tertiary/aromatic N) is 4. The Kier molecular flexibility index (Phi) is 6.06. The third-order valence-corrected chi connectivity index (χ3v) is 4.41. The molecule has 0 aliphatic carbocycles. The number of aliphatic imine (C=N–C) groups is 1. The minimum atomic E-state index is 0.594. The second-order valence-corrected chi connectivity index (χ2v) is 6.35. The summed E-state index contributed by atoms with van der Waals surface area (Å²) >= 11 is 0.